The van der Waals surface area contributed by atoms with E-state index >= 15 is 0 Å². The minimum absolute atomic E-state index is 0.317. The Bertz CT molecular complexity index is 1260. The highest BCUT2D eigenvalue weighted by molar-refractivity contribution is 7.98. The summed E-state index contributed by atoms with van der Waals surface area (Å²) in [6.07, 6.45) is 2.68. The maximum atomic E-state index is 10.8. The fraction of sp³-hybridized carbons (Fsp3) is 0.259. The number of aromatic nitrogens is 1. The van der Waals surface area contributed by atoms with Crippen molar-refractivity contribution in [2.75, 3.05) is 6.61 Å². The van der Waals surface area contributed by atoms with Crippen LogP contribution in [-0.4, -0.2) is 22.7 Å². The van der Waals surface area contributed by atoms with E-state index in [-0.39, 0.29) is 6.61 Å². The molecule has 33 heavy (non-hydrogen) atoms. The van der Waals surface area contributed by atoms with Gasteiger partial charge in [-0.25, -0.2) is 9.78 Å². The van der Waals surface area contributed by atoms with Gasteiger partial charge in [0.15, 0.2) is 6.61 Å². The first-order valence-corrected chi connectivity index (χ1v) is 12.9. The average Bonchev–Trinajstić information content (AvgIpc) is 3.16. The molecule has 0 aliphatic heterocycles. The second kappa shape index (κ2) is 10.9. The summed E-state index contributed by atoms with van der Waals surface area (Å²) in [5.74, 6) is 0.561. The number of carbonyl (C=O) groups is 1. The van der Waals surface area contributed by atoms with Crippen LogP contribution in [0.3, 0.4) is 0 Å². The van der Waals surface area contributed by atoms with Crippen molar-refractivity contribution in [1.82, 2.24) is 4.98 Å². The zero-order chi connectivity index (χ0) is 23.2. The smallest absolute Gasteiger partial charge is 0.341 e. The molecule has 0 saturated heterocycles. The van der Waals surface area contributed by atoms with Crippen molar-refractivity contribution in [3.63, 3.8) is 0 Å². The number of rotatable bonds is 10. The number of ether oxygens (including phenoxy) is 1. The maximum Gasteiger partial charge on any atom is 0.341 e. The highest BCUT2D eigenvalue weighted by atomic mass is 32.2. The molecule has 0 fully saturated rings. The number of aliphatic carboxylic acids is 1. The van der Waals surface area contributed by atoms with Gasteiger partial charge in [-0.1, -0.05) is 55.8 Å². The number of hydrogen-bond acceptors (Lipinski definition) is 5. The monoisotopic (exact) mass is 477 g/mol. The number of thioether (sulfide) groups is 1. The van der Waals surface area contributed by atoms with E-state index in [1.807, 2.05) is 12.1 Å². The highest BCUT2D eigenvalue weighted by Gasteiger charge is 2.12. The number of carboxylic acid groups (broad SMARTS) is 1. The lowest BCUT2D eigenvalue weighted by Gasteiger charge is -2.11. The summed E-state index contributed by atoms with van der Waals surface area (Å²) in [6, 6.07) is 21.0. The van der Waals surface area contributed by atoms with Gasteiger partial charge in [-0.2, -0.15) is 0 Å². The molecule has 3 aromatic carbocycles. The van der Waals surface area contributed by atoms with Crippen LogP contribution >= 0.6 is 23.1 Å². The third-order valence-electron chi connectivity index (χ3n) is 5.43. The van der Waals surface area contributed by atoms with Gasteiger partial charge in [-0.3, -0.25) is 0 Å². The Morgan fingerprint density at radius 1 is 1.09 bits per heavy atom. The molecule has 4 nitrogen and oxygen atoms in total. The van der Waals surface area contributed by atoms with Gasteiger partial charge in [0, 0.05) is 21.9 Å². The van der Waals surface area contributed by atoms with Gasteiger partial charge in [0.25, 0.3) is 0 Å². The fourth-order valence-corrected chi connectivity index (χ4v) is 6.04. The second-order valence-corrected chi connectivity index (χ2v) is 10.1. The standard InChI is InChI=1S/C27H27NO3S2/c1-3-7-21-14-22(12-13-24(21)31-16-27(29)30)32-17-25-18(2)28-26(33-25)15-20-10-6-9-19-8-4-5-11-23(19)20/h4-6,8-14H,3,7,15-17H2,1-2H3,(H,29,30). The van der Waals surface area contributed by atoms with Gasteiger partial charge >= 0.3 is 5.97 Å². The predicted molar refractivity (Wildman–Crippen MR) is 137 cm³/mol. The van der Waals surface area contributed by atoms with Crippen molar-refractivity contribution >= 4 is 39.8 Å². The van der Waals surface area contributed by atoms with E-state index in [0.29, 0.717) is 5.75 Å². The van der Waals surface area contributed by atoms with E-state index in [2.05, 4.69) is 62.4 Å². The van der Waals surface area contributed by atoms with E-state index in [0.717, 1.165) is 46.2 Å². The molecule has 4 aromatic rings. The van der Waals surface area contributed by atoms with E-state index in [9.17, 15) is 4.79 Å². The molecule has 0 aliphatic rings. The number of benzene rings is 3. The Kier molecular flexibility index (Phi) is 7.68. The molecule has 1 aromatic heterocycles. The second-order valence-electron chi connectivity index (χ2n) is 7.92. The number of thiazole rings is 1. The normalized spacial score (nSPS) is 11.1. The summed E-state index contributed by atoms with van der Waals surface area (Å²) < 4.78 is 5.46. The molecule has 170 valence electrons. The lowest BCUT2D eigenvalue weighted by Crippen LogP contribution is -2.10. The van der Waals surface area contributed by atoms with Crippen molar-refractivity contribution in [3.05, 3.63) is 87.4 Å². The van der Waals surface area contributed by atoms with Crippen LogP contribution in [0.2, 0.25) is 0 Å². The summed E-state index contributed by atoms with van der Waals surface area (Å²) in [5.41, 5.74) is 3.46. The van der Waals surface area contributed by atoms with Gasteiger partial charge < -0.3 is 9.84 Å². The maximum absolute atomic E-state index is 10.8. The fourth-order valence-electron chi connectivity index (χ4n) is 3.85. The number of hydrogen-bond donors (Lipinski definition) is 1. The van der Waals surface area contributed by atoms with E-state index in [1.165, 1.54) is 21.2 Å². The predicted octanol–water partition coefficient (Wildman–Crippen LogP) is 6.90. The van der Waals surface area contributed by atoms with Crippen molar-refractivity contribution < 1.29 is 14.6 Å². The van der Waals surface area contributed by atoms with Crippen LogP contribution in [0.1, 0.15) is 40.1 Å². The molecule has 0 spiro atoms. The van der Waals surface area contributed by atoms with Crippen LogP contribution in [0.5, 0.6) is 5.75 Å². The van der Waals surface area contributed by atoms with Gasteiger partial charge in [0.05, 0.1) is 10.7 Å². The molecular weight excluding hydrogens is 450 g/mol. The lowest BCUT2D eigenvalue weighted by atomic mass is 10.0. The number of fused-ring (bicyclic) bond motifs is 1. The summed E-state index contributed by atoms with van der Waals surface area (Å²) in [7, 11) is 0. The van der Waals surface area contributed by atoms with Gasteiger partial charge in [-0.05, 0) is 53.4 Å². The van der Waals surface area contributed by atoms with Crippen LogP contribution in [0, 0.1) is 6.92 Å². The Morgan fingerprint density at radius 3 is 2.73 bits per heavy atom. The van der Waals surface area contributed by atoms with Crippen molar-refractivity contribution in [2.45, 2.75) is 43.8 Å². The van der Waals surface area contributed by atoms with Gasteiger partial charge in [0.1, 0.15) is 5.75 Å². The lowest BCUT2D eigenvalue weighted by molar-refractivity contribution is -0.139. The highest BCUT2D eigenvalue weighted by Crippen LogP contribution is 2.33. The molecule has 6 heteroatoms. The molecule has 1 heterocycles. The van der Waals surface area contributed by atoms with Crippen LogP contribution in [-0.2, 0) is 23.4 Å². The van der Waals surface area contributed by atoms with Crippen molar-refractivity contribution in [1.29, 1.82) is 0 Å². The summed E-state index contributed by atoms with van der Waals surface area (Å²) in [5, 5.41) is 12.6. The molecule has 0 bridgehead atoms. The molecule has 0 saturated carbocycles. The van der Waals surface area contributed by atoms with Crippen molar-refractivity contribution in [3.8, 4) is 5.75 Å². The van der Waals surface area contributed by atoms with Crippen LogP contribution in [0.15, 0.2) is 65.6 Å². The van der Waals surface area contributed by atoms with Gasteiger partial charge in [0.2, 0.25) is 0 Å². The van der Waals surface area contributed by atoms with Gasteiger partial charge in [-0.15, -0.1) is 23.1 Å². The Morgan fingerprint density at radius 2 is 1.91 bits per heavy atom. The summed E-state index contributed by atoms with van der Waals surface area (Å²) in [6.45, 7) is 3.88. The largest absolute Gasteiger partial charge is 0.482 e. The van der Waals surface area contributed by atoms with E-state index in [1.54, 1.807) is 23.1 Å². The molecule has 0 atom stereocenters. The minimum atomic E-state index is -0.962. The third-order valence-corrected chi connectivity index (χ3v) is 7.79. The quantitative estimate of drug-likeness (QED) is 0.252. The Labute approximate surface area is 202 Å². The summed E-state index contributed by atoms with van der Waals surface area (Å²) >= 11 is 3.57. The van der Waals surface area contributed by atoms with Crippen molar-refractivity contribution in [2.24, 2.45) is 0 Å². The zero-order valence-corrected chi connectivity index (χ0v) is 20.5. The Balaban J connectivity index is 1.46. The SMILES string of the molecule is CCCc1cc(SCc2sc(Cc3cccc4ccccc34)nc2C)ccc1OCC(=O)O. The first-order valence-electron chi connectivity index (χ1n) is 11.1. The molecule has 1 N–H and O–H groups in total. The van der Waals surface area contributed by atoms with E-state index in [4.69, 9.17) is 14.8 Å². The van der Waals surface area contributed by atoms with Crippen LogP contribution in [0.4, 0.5) is 0 Å². The molecule has 0 amide bonds. The van der Waals surface area contributed by atoms with Crippen LogP contribution in [0.25, 0.3) is 10.8 Å². The average molecular weight is 478 g/mol. The first-order chi connectivity index (χ1) is 16.0. The molecule has 0 radical (unpaired) electrons. The number of aryl methyl sites for hydroxylation is 2. The van der Waals surface area contributed by atoms with Crippen LogP contribution < -0.4 is 4.74 Å². The molecule has 0 unspecified atom stereocenters. The topological polar surface area (TPSA) is 59.4 Å². The number of nitrogens with zero attached hydrogens (tertiary/aromatic N) is 1. The Hall–Kier alpha value is -2.83. The molecular formula is C27H27NO3S2. The minimum Gasteiger partial charge on any atom is -0.482 e. The first kappa shape index (κ1) is 23.3. The number of carboxylic acids is 1. The van der Waals surface area contributed by atoms with E-state index < -0.39 is 5.97 Å². The zero-order valence-electron chi connectivity index (χ0n) is 18.8. The molecule has 4 rings (SSSR count). The third kappa shape index (κ3) is 5.95. The summed E-state index contributed by atoms with van der Waals surface area (Å²) in [4.78, 5) is 18.2. The molecule has 0 aliphatic carbocycles.